The quantitative estimate of drug-likeness (QED) is 0.891. The number of rotatable bonds is 5. The molecule has 2 aromatic heterocycles. The average molecular weight is 254 g/mol. The van der Waals surface area contributed by atoms with Crippen LogP contribution in [0.25, 0.3) is 0 Å². The Morgan fingerprint density at radius 2 is 2.32 bits per heavy atom. The van der Waals surface area contributed by atoms with Crippen LogP contribution >= 0.6 is 0 Å². The topological polar surface area (TPSA) is 53.6 Å². The minimum absolute atomic E-state index is 0.380. The molecule has 4 heteroatoms. The van der Waals surface area contributed by atoms with Gasteiger partial charge in [-0.3, -0.25) is 0 Å². The first kappa shape index (κ1) is 13.3. The van der Waals surface area contributed by atoms with Crippen molar-refractivity contribution in [2.75, 3.05) is 7.05 Å². The van der Waals surface area contributed by atoms with Crippen LogP contribution in [0.4, 0.5) is 0 Å². The number of hydrogen-bond acceptors (Lipinski definition) is 3. The Labute approximate surface area is 113 Å². The van der Waals surface area contributed by atoms with E-state index in [1.54, 1.807) is 6.20 Å². The zero-order valence-corrected chi connectivity index (χ0v) is 11.3. The van der Waals surface area contributed by atoms with Crippen molar-refractivity contribution < 1.29 is 0 Å². The predicted molar refractivity (Wildman–Crippen MR) is 74.6 cm³/mol. The molecule has 0 aromatic carbocycles. The van der Waals surface area contributed by atoms with Crippen molar-refractivity contribution in [3.63, 3.8) is 0 Å². The highest BCUT2D eigenvalue weighted by Crippen LogP contribution is 2.17. The molecule has 0 aliphatic rings. The van der Waals surface area contributed by atoms with Crippen molar-refractivity contribution in [2.45, 2.75) is 25.9 Å². The maximum atomic E-state index is 9.03. The highest BCUT2D eigenvalue weighted by Gasteiger charge is 2.09. The zero-order valence-electron chi connectivity index (χ0n) is 11.3. The van der Waals surface area contributed by atoms with Crippen molar-refractivity contribution in [3.05, 3.63) is 53.6 Å². The molecule has 98 valence electrons. The van der Waals surface area contributed by atoms with Crippen LogP contribution in [0.3, 0.4) is 0 Å². The van der Waals surface area contributed by atoms with Crippen molar-refractivity contribution in [1.29, 1.82) is 5.26 Å². The van der Waals surface area contributed by atoms with E-state index in [-0.39, 0.29) is 0 Å². The molecule has 2 rings (SSSR count). The molecular formula is C15H18N4. The lowest BCUT2D eigenvalue weighted by atomic mass is 10.1. The standard InChI is InChI=1S/C15H18N4/c1-3-14(17-2)13-6-8-19(11-13)10-12-5-4-7-18-15(12)9-16/h4-8,11,14,17H,3,10H2,1-2H3. The lowest BCUT2D eigenvalue weighted by molar-refractivity contribution is 0.575. The molecule has 1 unspecified atom stereocenters. The van der Waals surface area contributed by atoms with Crippen LogP contribution < -0.4 is 5.32 Å². The second-order valence-electron chi connectivity index (χ2n) is 4.49. The largest absolute Gasteiger partial charge is 0.349 e. The minimum atomic E-state index is 0.380. The van der Waals surface area contributed by atoms with E-state index in [2.05, 4.69) is 40.1 Å². The van der Waals surface area contributed by atoms with E-state index in [0.29, 0.717) is 18.3 Å². The van der Waals surface area contributed by atoms with Crippen molar-refractivity contribution >= 4 is 0 Å². The first-order valence-corrected chi connectivity index (χ1v) is 6.45. The van der Waals surface area contributed by atoms with E-state index in [0.717, 1.165) is 12.0 Å². The third-order valence-corrected chi connectivity index (χ3v) is 3.28. The summed E-state index contributed by atoms with van der Waals surface area (Å²) in [6.07, 6.45) is 6.87. The summed E-state index contributed by atoms with van der Waals surface area (Å²) in [5.41, 5.74) is 2.72. The first-order valence-electron chi connectivity index (χ1n) is 6.45. The van der Waals surface area contributed by atoms with Crippen LogP contribution in [-0.4, -0.2) is 16.6 Å². The van der Waals surface area contributed by atoms with Gasteiger partial charge in [-0.2, -0.15) is 5.26 Å². The van der Waals surface area contributed by atoms with E-state index >= 15 is 0 Å². The summed E-state index contributed by atoms with van der Waals surface area (Å²) in [7, 11) is 1.97. The van der Waals surface area contributed by atoms with Crippen LogP contribution in [0.2, 0.25) is 0 Å². The summed E-state index contributed by atoms with van der Waals surface area (Å²) < 4.78 is 2.09. The van der Waals surface area contributed by atoms with Gasteiger partial charge < -0.3 is 9.88 Å². The van der Waals surface area contributed by atoms with Crippen LogP contribution in [-0.2, 0) is 6.54 Å². The van der Waals surface area contributed by atoms with Gasteiger partial charge in [0.1, 0.15) is 11.8 Å². The summed E-state index contributed by atoms with van der Waals surface area (Å²) >= 11 is 0. The molecule has 0 spiro atoms. The summed E-state index contributed by atoms with van der Waals surface area (Å²) in [5.74, 6) is 0. The van der Waals surface area contributed by atoms with Crippen molar-refractivity contribution in [3.8, 4) is 6.07 Å². The van der Waals surface area contributed by atoms with Crippen molar-refractivity contribution in [1.82, 2.24) is 14.9 Å². The molecule has 0 saturated heterocycles. The molecule has 1 N–H and O–H groups in total. The first-order chi connectivity index (χ1) is 9.28. The third-order valence-electron chi connectivity index (χ3n) is 3.28. The van der Waals surface area contributed by atoms with Gasteiger partial charge in [0.05, 0.1) is 0 Å². The average Bonchev–Trinajstić information content (AvgIpc) is 2.89. The Morgan fingerprint density at radius 3 is 3.00 bits per heavy atom. The molecule has 0 radical (unpaired) electrons. The Balaban J connectivity index is 2.18. The molecule has 2 heterocycles. The van der Waals surface area contributed by atoms with Crippen LogP contribution in [0.5, 0.6) is 0 Å². The molecule has 0 bridgehead atoms. The van der Waals surface area contributed by atoms with Gasteiger partial charge in [0.15, 0.2) is 0 Å². The van der Waals surface area contributed by atoms with Crippen LogP contribution in [0.15, 0.2) is 36.8 Å². The fourth-order valence-corrected chi connectivity index (χ4v) is 2.23. The number of aromatic nitrogens is 2. The van der Waals surface area contributed by atoms with Gasteiger partial charge in [-0.1, -0.05) is 13.0 Å². The molecule has 1 atom stereocenters. The molecule has 0 aliphatic heterocycles. The van der Waals surface area contributed by atoms with Gasteiger partial charge in [0, 0.05) is 36.7 Å². The SMILES string of the molecule is CCC(NC)c1ccn(Cc2cccnc2C#N)c1. The van der Waals surface area contributed by atoms with E-state index in [1.165, 1.54) is 5.56 Å². The second kappa shape index (κ2) is 6.17. The van der Waals surface area contributed by atoms with Crippen molar-refractivity contribution in [2.24, 2.45) is 0 Å². The van der Waals surface area contributed by atoms with E-state index < -0.39 is 0 Å². The smallest absolute Gasteiger partial charge is 0.145 e. The lowest BCUT2D eigenvalue weighted by Crippen LogP contribution is -2.14. The van der Waals surface area contributed by atoms with Crippen LogP contribution in [0, 0.1) is 11.3 Å². The Morgan fingerprint density at radius 1 is 1.47 bits per heavy atom. The van der Waals surface area contributed by atoms with Gasteiger partial charge in [-0.25, -0.2) is 4.98 Å². The Kier molecular flexibility index (Phi) is 4.32. The molecule has 0 fully saturated rings. The summed E-state index contributed by atoms with van der Waals surface area (Å²) in [6.45, 7) is 2.84. The molecule has 0 saturated carbocycles. The molecule has 0 aliphatic carbocycles. The van der Waals surface area contributed by atoms with Gasteiger partial charge in [-0.05, 0) is 31.2 Å². The zero-order chi connectivity index (χ0) is 13.7. The summed E-state index contributed by atoms with van der Waals surface area (Å²) in [6, 6.07) is 8.44. The Hall–Kier alpha value is -2.12. The predicted octanol–water partition coefficient (Wildman–Crippen LogP) is 2.47. The van der Waals surface area contributed by atoms with E-state index in [4.69, 9.17) is 5.26 Å². The lowest BCUT2D eigenvalue weighted by Gasteiger charge is -2.11. The highest BCUT2D eigenvalue weighted by atomic mass is 15.0. The maximum Gasteiger partial charge on any atom is 0.145 e. The van der Waals surface area contributed by atoms with E-state index in [1.807, 2.05) is 25.4 Å². The molecule has 19 heavy (non-hydrogen) atoms. The number of hydrogen-bond donors (Lipinski definition) is 1. The fraction of sp³-hybridized carbons (Fsp3) is 0.333. The summed E-state index contributed by atoms with van der Waals surface area (Å²) in [5, 5.41) is 12.3. The van der Waals surface area contributed by atoms with E-state index in [9.17, 15) is 0 Å². The second-order valence-corrected chi connectivity index (χ2v) is 4.49. The number of nitrogens with one attached hydrogen (secondary N) is 1. The normalized spacial score (nSPS) is 12.1. The Bertz CT molecular complexity index is 576. The highest BCUT2D eigenvalue weighted by molar-refractivity contribution is 5.31. The number of nitrogens with zero attached hydrogens (tertiary/aromatic N) is 3. The fourth-order valence-electron chi connectivity index (χ4n) is 2.23. The van der Waals surface area contributed by atoms with Gasteiger partial charge in [-0.15, -0.1) is 0 Å². The molecular weight excluding hydrogens is 236 g/mol. The molecule has 4 nitrogen and oxygen atoms in total. The summed E-state index contributed by atoms with van der Waals surface area (Å²) in [4.78, 5) is 4.08. The van der Waals surface area contributed by atoms with Gasteiger partial charge in [0.2, 0.25) is 0 Å². The molecule has 2 aromatic rings. The number of pyridine rings is 1. The maximum absolute atomic E-state index is 9.03. The van der Waals surface area contributed by atoms with Crippen LogP contribution in [0.1, 0.15) is 36.2 Å². The monoisotopic (exact) mass is 254 g/mol. The number of nitriles is 1. The third kappa shape index (κ3) is 3.01. The molecule has 0 amide bonds. The van der Waals surface area contributed by atoms with Gasteiger partial charge >= 0.3 is 0 Å². The minimum Gasteiger partial charge on any atom is -0.349 e. The van der Waals surface area contributed by atoms with Gasteiger partial charge in [0.25, 0.3) is 0 Å².